The second-order valence-corrected chi connectivity index (χ2v) is 12.4. The Morgan fingerprint density at radius 1 is 0.891 bits per heavy atom. The van der Waals surface area contributed by atoms with Gasteiger partial charge in [0, 0.05) is 51.9 Å². The Hall–Kier alpha value is -4.00. The summed E-state index contributed by atoms with van der Waals surface area (Å²) in [5, 5.41) is 36.1. The highest BCUT2D eigenvalue weighted by Crippen LogP contribution is 2.27. The second-order valence-electron chi connectivity index (χ2n) is 12.4. The minimum Gasteiger partial charge on any atom is -0.388 e. The van der Waals surface area contributed by atoms with E-state index >= 15 is 0 Å². The average molecular weight is 639 g/mol. The van der Waals surface area contributed by atoms with Gasteiger partial charge in [-0.25, -0.2) is 8.78 Å². The normalized spacial score (nSPS) is 31.0. The zero-order valence-electron chi connectivity index (χ0n) is 25.0. The van der Waals surface area contributed by atoms with Crippen molar-refractivity contribution >= 4 is 17.7 Å². The molecule has 46 heavy (non-hydrogen) atoms. The topological polar surface area (TPSA) is 158 Å². The predicted octanol–water partition coefficient (Wildman–Crippen LogP) is -0.382. The number of amides is 3. The number of likely N-dealkylation sites (tertiary alicyclic amines) is 1. The van der Waals surface area contributed by atoms with E-state index in [0.717, 1.165) is 17.7 Å². The van der Waals surface area contributed by atoms with Crippen LogP contribution in [0.3, 0.4) is 0 Å². The van der Waals surface area contributed by atoms with Crippen LogP contribution in [0.1, 0.15) is 29.5 Å². The molecule has 2 aromatic rings. The van der Waals surface area contributed by atoms with Gasteiger partial charge in [-0.3, -0.25) is 24.2 Å². The van der Waals surface area contributed by atoms with E-state index in [9.17, 15) is 38.6 Å². The molecular formula is C32H36F2N6O6. The fourth-order valence-corrected chi connectivity index (χ4v) is 6.85. The molecule has 3 amide bonds. The number of carbonyl (C=O) groups is 3. The monoisotopic (exact) mass is 638 g/mol. The van der Waals surface area contributed by atoms with Crippen molar-refractivity contribution in [2.24, 2.45) is 0 Å². The fourth-order valence-electron chi connectivity index (χ4n) is 6.85. The molecule has 4 aliphatic rings. The van der Waals surface area contributed by atoms with Crippen molar-refractivity contribution in [1.29, 1.82) is 5.26 Å². The van der Waals surface area contributed by atoms with Crippen molar-refractivity contribution in [3.63, 3.8) is 0 Å². The number of hydrogen-bond acceptors (Lipinski definition) is 9. The smallest absolute Gasteiger partial charge is 0.240 e. The van der Waals surface area contributed by atoms with Gasteiger partial charge in [0.2, 0.25) is 17.7 Å². The lowest BCUT2D eigenvalue weighted by atomic mass is 10.0. The summed E-state index contributed by atoms with van der Waals surface area (Å²) in [5.41, 5.74) is 1.85. The molecule has 12 nitrogen and oxygen atoms in total. The van der Waals surface area contributed by atoms with E-state index in [1.54, 1.807) is 21.9 Å². The molecule has 4 fully saturated rings. The van der Waals surface area contributed by atoms with Gasteiger partial charge in [0.05, 0.1) is 30.2 Å². The second kappa shape index (κ2) is 13.4. The Morgan fingerprint density at radius 2 is 1.61 bits per heavy atom. The number of halogens is 2. The van der Waals surface area contributed by atoms with E-state index < -0.39 is 59.9 Å². The third kappa shape index (κ3) is 6.74. The van der Waals surface area contributed by atoms with Crippen LogP contribution in [0.5, 0.6) is 0 Å². The Kier molecular flexibility index (Phi) is 9.30. The molecule has 2 aromatic carbocycles. The Labute approximate surface area is 264 Å². The molecule has 244 valence electrons. The highest BCUT2D eigenvalue weighted by Gasteiger charge is 2.46. The minimum absolute atomic E-state index is 0.0197. The summed E-state index contributed by atoms with van der Waals surface area (Å²) in [5.74, 6) is -3.03. The zero-order valence-corrected chi connectivity index (χ0v) is 25.0. The van der Waals surface area contributed by atoms with Crippen LogP contribution in [0.25, 0.3) is 0 Å². The zero-order chi connectivity index (χ0) is 32.5. The van der Waals surface area contributed by atoms with Crippen LogP contribution < -0.4 is 10.6 Å². The van der Waals surface area contributed by atoms with Crippen LogP contribution in [0.15, 0.2) is 42.5 Å². The summed E-state index contributed by atoms with van der Waals surface area (Å²) in [6.45, 7) is 1.29. The maximum absolute atomic E-state index is 14.1. The lowest BCUT2D eigenvalue weighted by Gasteiger charge is -2.42. The molecule has 0 unspecified atom stereocenters. The van der Waals surface area contributed by atoms with Crippen LogP contribution in [-0.2, 0) is 32.2 Å². The van der Waals surface area contributed by atoms with Gasteiger partial charge in [0.15, 0.2) is 11.6 Å². The van der Waals surface area contributed by atoms with Crippen molar-refractivity contribution in [2.75, 3.05) is 32.7 Å². The van der Waals surface area contributed by atoms with Gasteiger partial charge in [-0.15, -0.1) is 0 Å². The summed E-state index contributed by atoms with van der Waals surface area (Å²) < 4.78 is 33.4. The van der Waals surface area contributed by atoms with Crippen LogP contribution in [0.2, 0.25) is 0 Å². The molecule has 0 saturated carbocycles. The quantitative estimate of drug-likeness (QED) is 0.350. The molecule has 0 radical (unpaired) electrons. The highest BCUT2D eigenvalue weighted by atomic mass is 19.2. The number of aliphatic hydroxyl groups excluding tert-OH is 2. The first-order valence-corrected chi connectivity index (χ1v) is 15.4. The predicted molar refractivity (Wildman–Crippen MR) is 157 cm³/mol. The third-order valence-corrected chi connectivity index (χ3v) is 9.32. The van der Waals surface area contributed by atoms with Gasteiger partial charge < -0.3 is 30.5 Å². The Balaban J connectivity index is 1.28. The number of aliphatic hydroxyl groups is 2. The number of nitrogens with zero attached hydrogens (tertiary/aromatic N) is 4. The van der Waals surface area contributed by atoms with Gasteiger partial charge in [-0.1, -0.05) is 18.2 Å². The maximum Gasteiger partial charge on any atom is 0.240 e. The third-order valence-electron chi connectivity index (χ3n) is 9.32. The molecule has 4 saturated heterocycles. The number of rotatable bonds is 4. The molecule has 4 heterocycles. The minimum atomic E-state index is -1.34. The standard InChI is InChI=1S/C32H36F2N6O6/c33-22-6-5-20(9-23(22)34)15-38-7-8-39-17-25(38)31(44)36-13-27-30(43)29(42)26(46-27)11-28(41)37-21-10-24(32(39)45)40(16-21)14-19-3-1-18(12-35)2-4-19/h1-6,9,21,24-27,29-30,42-43H,7-8,10-11,13-17H2,(H,36,44)(H,37,41)/t21-,24-,25-,26-,27+,29-,30+/m0/s1. The fraction of sp³-hybridized carbons (Fsp3) is 0.500. The van der Waals surface area contributed by atoms with Crippen molar-refractivity contribution in [3.05, 3.63) is 70.8 Å². The molecule has 4 aliphatic heterocycles. The first kappa shape index (κ1) is 32.0. The summed E-state index contributed by atoms with van der Waals surface area (Å²) >= 11 is 0. The van der Waals surface area contributed by atoms with E-state index in [4.69, 9.17) is 4.74 Å². The summed E-state index contributed by atoms with van der Waals surface area (Å²) in [6.07, 6.45) is -4.55. The number of hydrogen-bond donors (Lipinski definition) is 4. The molecule has 4 N–H and O–H groups in total. The largest absolute Gasteiger partial charge is 0.388 e. The van der Waals surface area contributed by atoms with Crippen LogP contribution in [-0.4, -0.2) is 118 Å². The maximum atomic E-state index is 14.1. The van der Waals surface area contributed by atoms with Gasteiger partial charge in [0.1, 0.15) is 24.4 Å². The van der Waals surface area contributed by atoms with Gasteiger partial charge in [-0.05, 0) is 41.8 Å². The average Bonchev–Trinajstić information content (AvgIpc) is 3.56. The van der Waals surface area contributed by atoms with Gasteiger partial charge in [-0.2, -0.15) is 5.26 Å². The molecule has 6 rings (SSSR count). The lowest BCUT2D eigenvalue weighted by molar-refractivity contribution is -0.142. The Bertz CT molecular complexity index is 1520. The van der Waals surface area contributed by atoms with E-state index in [-0.39, 0.29) is 51.1 Å². The van der Waals surface area contributed by atoms with Crippen LogP contribution >= 0.6 is 0 Å². The molecule has 6 bridgehead atoms. The lowest BCUT2D eigenvalue weighted by Crippen LogP contribution is -2.62. The number of ether oxygens (including phenoxy) is 1. The first-order chi connectivity index (χ1) is 22.1. The van der Waals surface area contributed by atoms with Crippen molar-refractivity contribution in [3.8, 4) is 6.07 Å². The molecule has 0 aliphatic carbocycles. The first-order valence-electron chi connectivity index (χ1n) is 15.4. The molecule has 7 atom stereocenters. The number of piperazine rings is 1. The molecule has 0 aromatic heterocycles. The number of fused-ring (bicyclic) bond motifs is 6. The van der Waals surface area contributed by atoms with E-state index in [1.807, 2.05) is 17.0 Å². The highest BCUT2D eigenvalue weighted by molar-refractivity contribution is 5.86. The van der Waals surface area contributed by atoms with E-state index in [1.165, 1.54) is 6.07 Å². The van der Waals surface area contributed by atoms with Crippen molar-refractivity contribution < 1.29 is 38.1 Å². The number of benzene rings is 2. The van der Waals surface area contributed by atoms with Gasteiger partial charge in [0.25, 0.3) is 0 Å². The van der Waals surface area contributed by atoms with E-state index in [0.29, 0.717) is 30.6 Å². The van der Waals surface area contributed by atoms with Crippen molar-refractivity contribution in [2.45, 2.75) is 68.5 Å². The molecule has 14 heteroatoms. The summed E-state index contributed by atoms with van der Waals surface area (Å²) in [4.78, 5) is 46.2. The van der Waals surface area contributed by atoms with Gasteiger partial charge >= 0.3 is 0 Å². The van der Waals surface area contributed by atoms with Crippen LogP contribution in [0, 0.1) is 23.0 Å². The van der Waals surface area contributed by atoms with Crippen LogP contribution in [0.4, 0.5) is 8.78 Å². The SMILES string of the molecule is N#Cc1ccc(CN2C[C@@H]3C[C@H]2C(=O)N2CCN(Cc4ccc(F)c(F)c4)[C@@H](C2)C(=O)NC[C@H]2O[C@@H](CC(=O)N3)[C@H](O)[C@@H]2O)cc1. The Morgan fingerprint density at radius 3 is 2.35 bits per heavy atom. The van der Waals surface area contributed by atoms with Crippen molar-refractivity contribution in [1.82, 2.24) is 25.3 Å². The number of nitriles is 1. The molecule has 0 spiro atoms. The summed E-state index contributed by atoms with van der Waals surface area (Å²) in [6, 6.07) is 10.8. The molecular weight excluding hydrogens is 602 g/mol. The van der Waals surface area contributed by atoms with E-state index in [2.05, 4.69) is 16.7 Å². The number of nitrogens with one attached hydrogen (secondary N) is 2. The summed E-state index contributed by atoms with van der Waals surface area (Å²) in [7, 11) is 0. The number of carbonyl (C=O) groups excluding carboxylic acids is 3.